The zero-order valence-corrected chi connectivity index (χ0v) is 9.74. The van der Waals surface area contributed by atoms with E-state index in [0.717, 1.165) is 12.1 Å². The lowest BCUT2D eigenvalue weighted by atomic mass is 10.0. The van der Waals surface area contributed by atoms with E-state index in [4.69, 9.17) is 11.6 Å². The zero-order valence-electron chi connectivity index (χ0n) is 8.98. The number of hydrogen-bond donors (Lipinski definition) is 1. The van der Waals surface area contributed by atoms with Crippen LogP contribution in [0.1, 0.15) is 25.5 Å². The van der Waals surface area contributed by atoms with Crippen LogP contribution < -0.4 is 5.32 Å². The van der Waals surface area contributed by atoms with E-state index in [0.29, 0.717) is 10.6 Å². The monoisotopic (exact) mass is 227 g/mol. The Hall–Kier alpha value is -0.860. The molecular weight excluding hydrogens is 213 g/mol. The van der Waals surface area contributed by atoms with Crippen molar-refractivity contribution in [2.75, 3.05) is 6.54 Å². The summed E-state index contributed by atoms with van der Waals surface area (Å²) < 4.78 is 13.6. The van der Waals surface area contributed by atoms with Gasteiger partial charge in [0.25, 0.3) is 0 Å². The standard InChI is InChI=1S/C12H15ClFN/c1-4-15-12(8(2)3)11-9(13)6-5-7-10(11)14/h5-7,12,15H,2,4H2,1,3H3. The van der Waals surface area contributed by atoms with Gasteiger partial charge in [-0.3, -0.25) is 0 Å². The average Bonchev–Trinajstić information content (AvgIpc) is 2.15. The largest absolute Gasteiger partial charge is 0.307 e. The van der Waals surface area contributed by atoms with Crippen molar-refractivity contribution >= 4 is 11.6 Å². The summed E-state index contributed by atoms with van der Waals surface area (Å²) in [6.07, 6.45) is 0. The Kier molecular flexibility index (Phi) is 4.30. The Morgan fingerprint density at radius 1 is 1.60 bits per heavy atom. The van der Waals surface area contributed by atoms with Crippen LogP contribution in [-0.4, -0.2) is 6.54 Å². The maximum atomic E-state index is 13.6. The topological polar surface area (TPSA) is 12.0 Å². The minimum atomic E-state index is -0.295. The number of nitrogens with one attached hydrogen (secondary N) is 1. The molecule has 1 unspecified atom stereocenters. The zero-order chi connectivity index (χ0) is 11.4. The first-order valence-electron chi connectivity index (χ1n) is 4.90. The Morgan fingerprint density at radius 2 is 2.27 bits per heavy atom. The summed E-state index contributed by atoms with van der Waals surface area (Å²) in [7, 11) is 0. The van der Waals surface area contributed by atoms with Crippen LogP contribution >= 0.6 is 11.6 Å². The van der Waals surface area contributed by atoms with Crippen molar-refractivity contribution in [1.82, 2.24) is 5.32 Å². The minimum Gasteiger partial charge on any atom is -0.307 e. The molecule has 3 heteroatoms. The molecule has 0 aliphatic heterocycles. The molecule has 0 bridgehead atoms. The van der Waals surface area contributed by atoms with E-state index in [1.807, 2.05) is 13.8 Å². The Balaban J connectivity index is 3.15. The van der Waals surface area contributed by atoms with Crippen molar-refractivity contribution in [3.63, 3.8) is 0 Å². The third-order valence-corrected chi connectivity index (χ3v) is 2.52. The molecule has 1 rings (SSSR count). The minimum absolute atomic E-state index is 0.219. The van der Waals surface area contributed by atoms with Gasteiger partial charge < -0.3 is 5.32 Å². The first kappa shape index (κ1) is 12.2. The molecule has 1 N–H and O–H groups in total. The first-order chi connectivity index (χ1) is 7.07. The number of halogens is 2. The molecule has 0 aromatic heterocycles. The Labute approximate surface area is 95.0 Å². The smallest absolute Gasteiger partial charge is 0.129 e. The summed E-state index contributed by atoms with van der Waals surface area (Å²) in [5.41, 5.74) is 1.33. The third-order valence-electron chi connectivity index (χ3n) is 2.19. The van der Waals surface area contributed by atoms with Crippen LogP contribution in [0.25, 0.3) is 0 Å². The number of hydrogen-bond acceptors (Lipinski definition) is 1. The van der Waals surface area contributed by atoms with Gasteiger partial charge in [0, 0.05) is 10.6 Å². The summed E-state index contributed by atoms with van der Waals surface area (Å²) in [4.78, 5) is 0. The van der Waals surface area contributed by atoms with Crippen LogP contribution in [0.4, 0.5) is 4.39 Å². The van der Waals surface area contributed by atoms with E-state index in [1.54, 1.807) is 12.1 Å². The molecule has 0 saturated carbocycles. The summed E-state index contributed by atoms with van der Waals surface area (Å²) >= 11 is 5.98. The van der Waals surface area contributed by atoms with Gasteiger partial charge in [-0.15, -0.1) is 0 Å². The molecule has 1 atom stereocenters. The van der Waals surface area contributed by atoms with Crippen LogP contribution in [0.15, 0.2) is 30.4 Å². The van der Waals surface area contributed by atoms with Gasteiger partial charge in [-0.1, -0.05) is 36.7 Å². The first-order valence-corrected chi connectivity index (χ1v) is 5.28. The van der Waals surface area contributed by atoms with E-state index >= 15 is 0 Å². The van der Waals surface area contributed by atoms with Gasteiger partial charge in [0.2, 0.25) is 0 Å². The lowest BCUT2D eigenvalue weighted by Crippen LogP contribution is -2.22. The number of benzene rings is 1. The van der Waals surface area contributed by atoms with Gasteiger partial charge in [0.05, 0.1) is 6.04 Å². The van der Waals surface area contributed by atoms with E-state index in [9.17, 15) is 4.39 Å². The third kappa shape index (κ3) is 2.80. The fraction of sp³-hybridized carbons (Fsp3) is 0.333. The second-order valence-corrected chi connectivity index (χ2v) is 3.88. The van der Waals surface area contributed by atoms with Gasteiger partial charge in [-0.2, -0.15) is 0 Å². The fourth-order valence-electron chi connectivity index (χ4n) is 1.51. The fourth-order valence-corrected chi connectivity index (χ4v) is 1.79. The molecule has 0 amide bonds. The van der Waals surface area contributed by atoms with E-state index < -0.39 is 0 Å². The molecule has 1 nitrogen and oxygen atoms in total. The predicted octanol–water partition coefficient (Wildman–Crippen LogP) is 3.71. The van der Waals surface area contributed by atoms with Crippen LogP contribution in [0.2, 0.25) is 5.02 Å². The van der Waals surface area contributed by atoms with E-state index in [2.05, 4.69) is 11.9 Å². The lowest BCUT2D eigenvalue weighted by molar-refractivity contribution is 0.555. The van der Waals surface area contributed by atoms with Crippen LogP contribution in [0.5, 0.6) is 0 Å². The van der Waals surface area contributed by atoms with Gasteiger partial charge in [0.15, 0.2) is 0 Å². The molecule has 0 heterocycles. The van der Waals surface area contributed by atoms with Crippen molar-refractivity contribution in [3.8, 4) is 0 Å². The molecule has 15 heavy (non-hydrogen) atoms. The van der Waals surface area contributed by atoms with Gasteiger partial charge in [-0.25, -0.2) is 4.39 Å². The quantitative estimate of drug-likeness (QED) is 0.774. The number of rotatable bonds is 4. The normalized spacial score (nSPS) is 12.5. The van der Waals surface area contributed by atoms with Crippen molar-refractivity contribution in [2.45, 2.75) is 19.9 Å². The maximum absolute atomic E-state index is 13.6. The van der Waals surface area contributed by atoms with Crippen LogP contribution in [-0.2, 0) is 0 Å². The van der Waals surface area contributed by atoms with E-state index in [1.165, 1.54) is 6.07 Å². The van der Waals surface area contributed by atoms with Crippen molar-refractivity contribution < 1.29 is 4.39 Å². The maximum Gasteiger partial charge on any atom is 0.129 e. The summed E-state index contributed by atoms with van der Waals surface area (Å²) in [6, 6.07) is 4.48. The second-order valence-electron chi connectivity index (χ2n) is 3.47. The molecule has 1 aromatic carbocycles. The lowest BCUT2D eigenvalue weighted by Gasteiger charge is -2.20. The molecule has 0 spiro atoms. The highest BCUT2D eigenvalue weighted by Gasteiger charge is 2.18. The Bertz CT molecular complexity index is 342. The highest BCUT2D eigenvalue weighted by Crippen LogP contribution is 2.29. The SMILES string of the molecule is C=C(C)C(NCC)c1c(F)cccc1Cl. The van der Waals surface area contributed by atoms with E-state index in [-0.39, 0.29) is 11.9 Å². The predicted molar refractivity (Wildman–Crippen MR) is 62.6 cm³/mol. The second kappa shape index (κ2) is 5.29. The molecule has 82 valence electrons. The summed E-state index contributed by atoms with van der Waals surface area (Å²) in [5.74, 6) is -0.295. The Morgan fingerprint density at radius 3 is 2.73 bits per heavy atom. The number of likely N-dealkylation sites (N-methyl/N-ethyl adjacent to an activating group) is 1. The highest BCUT2D eigenvalue weighted by molar-refractivity contribution is 6.31. The summed E-state index contributed by atoms with van der Waals surface area (Å²) in [5, 5.41) is 3.59. The molecule has 1 aromatic rings. The van der Waals surface area contributed by atoms with Crippen LogP contribution in [0, 0.1) is 5.82 Å². The molecule has 0 saturated heterocycles. The van der Waals surface area contributed by atoms with Gasteiger partial charge in [0.1, 0.15) is 5.82 Å². The molecular formula is C12H15ClFN. The molecule has 0 radical (unpaired) electrons. The van der Waals surface area contributed by atoms with Crippen LogP contribution in [0.3, 0.4) is 0 Å². The van der Waals surface area contributed by atoms with Gasteiger partial charge >= 0.3 is 0 Å². The van der Waals surface area contributed by atoms with Crippen molar-refractivity contribution in [1.29, 1.82) is 0 Å². The summed E-state index contributed by atoms with van der Waals surface area (Å²) in [6.45, 7) is 8.40. The molecule has 0 aliphatic carbocycles. The molecule has 0 fully saturated rings. The molecule has 0 aliphatic rings. The highest BCUT2D eigenvalue weighted by atomic mass is 35.5. The average molecular weight is 228 g/mol. The van der Waals surface area contributed by atoms with Gasteiger partial charge in [-0.05, 0) is 25.6 Å². The van der Waals surface area contributed by atoms with Crippen molar-refractivity contribution in [2.24, 2.45) is 0 Å². The van der Waals surface area contributed by atoms with Crippen molar-refractivity contribution in [3.05, 3.63) is 46.8 Å².